The highest BCUT2D eigenvalue weighted by atomic mass is 15.2. The average Bonchev–Trinajstić information content (AvgIpc) is 3.50. The molecule has 202 valence electrons. The van der Waals surface area contributed by atoms with Gasteiger partial charge in [0.15, 0.2) is 0 Å². The quantitative estimate of drug-likeness (QED) is 0.209. The largest absolute Gasteiger partial charge is 0.231 e. The zero-order chi connectivity index (χ0) is 28.6. The molecule has 0 spiro atoms. The molecule has 0 amide bonds. The first-order valence-electron chi connectivity index (χ1n) is 14.7. The van der Waals surface area contributed by atoms with E-state index in [0.29, 0.717) is 0 Å². The van der Waals surface area contributed by atoms with Gasteiger partial charge in [0.2, 0.25) is 0 Å². The molecule has 0 saturated heterocycles. The summed E-state index contributed by atoms with van der Waals surface area (Å²) in [7, 11) is 0. The molecule has 0 bridgehead atoms. The number of fused-ring (bicyclic) bond motifs is 3. The number of nitrogens with zero attached hydrogens (tertiary/aromatic N) is 2. The molecule has 8 rings (SSSR count). The molecule has 6 aromatic carbocycles. The third kappa shape index (κ3) is 4.50. The van der Waals surface area contributed by atoms with Crippen molar-refractivity contribution >= 4 is 16.3 Å². The highest BCUT2D eigenvalue weighted by Crippen LogP contribution is 2.41. The third-order valence-electron chi connectivity index (χ3n) is 8.24. The van der Waals surface area contributed by atoms with Crippen molar-refractivity contribution in [1.29, 1.82) is 0 Å². The van der Waals surface area contributed by atoms with Crippen LogP contribution >= 0.6 is 0 Å². The Morgan fingerprint density at radius 3 is 1.40 bits per heavy atom. The van der Waals surface area contributed by atoms with E-state index in [1.807, 2.05) is 0 Å². The molecule has 0 aliphatic heterocycles. The first-order chi connectivity index (χ1) is 21.3. The fraction of sp³-hybridized carbons (Fsp3) is 0. The van der Waals surface area contributed by atoms with E-state index in [1.54, 1.807) is 0 Å². The summed E-state index contributed by atoms with van der Waals surface area (Å²) in [5, 5.41) is 7.77. The molecule has 2 heteroatoms. The molecule has 0 atom stereocenters. The number of pyridine rings is 1. The van der Waals surface area contributed by atoms with Crippen molar-refractivity contribution in [3.8, 4) is 55.9 Å². The molecule has 0 aliphatic rings. The van der Waals surface area contributed by atoms with Crippen molar-refractivity contribution in [1.82, 2.24) is 9.61 Å². The van der Waals surface area contributed by atoms with Crippen LogP contribution in [0.4, 0.5) is 0 Å². The van der Waals surface area contributed by atoms with E-state index in [-0.39, 0.29) is 0 Å². The monoisotopic (exact) mass is 548 g/mol. The van der Waals surface area contributed by atoms with Gasteiger partial charge < -0.3 is 0 Å². The molecule has 2 heterocycles. The molecule has 2 nitrogen and oxygen atoms in total. The zero-order valence-electron chi connectivity index (χ0n) is 23.6. The lowest BCUT2D eigenvalue weighted by atomic mass is 9.94. The van der Waals surface area contributed by atoms with E-state index in [9.17, 15) is 0 Å². The Labute approximate surface area is 251 Å². The number of rotatable bonds is 5. The van der Waals surface area contributed by atoms with Crippen LogP contribution in [-0.4, -0.2) is 9.61 Å². The van der Waals surface area contributed by atoms with E-state index < -0.39 is 0 Å². The summed E-state index contributed by atoms with van der Waals surface area (Å²) >= 11 is 0. The Balaban J connectivity index is 1.40. The lowest BCUT2D eigenvalue weighted by Gasteiger charge is -2.11. The maximum Gasteiger partial charge on any atom is 0.101 e. The summed E-state index contributed by atoms with van der Waals surface area (Å²) in [6.07, 6.45) is 0. The Morgan fingerprint density at radius 2 is 0.814 bits per heavy atom. The topological polar surface area (TPSA) is 17.3 Å². The zero-order valence-corrected chi connectivity index (χ0v) is 23.6. The Morgan fingerprint density at radius 1 is 0.372 bits per heavy atom. The Hall–Kier alpha value is -5.73. The summed E-state index contributed by atoms with van der Waals surface area (Å²) in [4.78, 5) is 0. The van der Waals surface area contributed by atoms with Gasteiger partial charge in [0.25, 0.3) is 0 Å². The van der Waals surface area contributed by atoms with Gasteiger partial charge in [-0.25, -0.2) is 4.52 Å². The number of benzene rings is 6. The number of hydrogen-bond acceptors (Lipinski definition) is 1. The fourth-order valence-corrected chi connectivity index (χ4v) is 6.09. The van der Waals surface area contributed by atoms with Crippen molar-refractivity contribution in [3.63, 3.8) is 0 Å². The second kappa shape index (κ2) is 10.6. The SMILES string of the molecule is c1ccc(-c2ccc(-c3nn4c(-c5ccccc5)cc5ccccc5c4c3-c3ccc(-c4ccccc4)cc3)cc2)cc1. The molecule has 8 aromatic rings. The molecular formula is C41H28N2. The minimum absolute atomic E-state index is 0.973. The van der Waals surface area contributed by atoms with Crippen LogP contribution in [0.15, 0.2) is 170 Å². The first kappa shape index (κ1) is 25.0. The van der Waals surface area contributed by atoms with Gasteiger partial charge in [-0.1, -0.05) is 164 Å². The fourth-order valence-electron chi connectivity index (χ4n) is 6.09. The van der Waals surface area contributed by atoms with Gasteiger partial charge in [-0.15, -0.1) is 0 Å². The predicted octanol–water partition coefficient (Wildman–Crippen LogP) is 10.8. The summed E-state index contributed by atoms with van der Waals surface area (Å²) in [6.45, 7) is 0. The van der Waals surface area contributed by atoms with Crippen LogP contribution in [0.25, 0.3) is 72.2 Å². The van der Waals surface area contributed by atoms with E-state index in [1.165, 1.54) is 33.0 Å². The maximum atomic E-state index is 5.39. The standard InChI is InChI=1S/C41H28N2/c1-4-12-29(13-5-1)31-20-24-34(25-21-31)39-40(35-26-22-32(23-27-35)30-14-6-2-7-15-30)42-43-38(33-16-8-3-9-17-33)28-36-18-10-11-19-37(36)41(39)43/h1-28H. The minimum Gasteiger partial charge on any atom is -0.231 e. The Bertz CT molecular complexity index is 2180. The summed E-state index contributed by atoms with van der Waals surface area (Å²) in [6, 6.07) is 60.3. The van der Waals surface area contributed by atoms with E-state index in [2.05, 4.69) is 174 Å². The maximum absolute atomic E-state index is 5.39. The van der Waals surface area contributed by atoms with E-state index >= 15 is 0 Å². The third-order valence-corrected chi connectivity index (χ3v) is 8.24. The molecule has 2 aromatic heterocycles. The van der Waals surface area contributed by atoms with Crippen LogP contribution in [-0.2, 0) is 0 Å². The minimum atomic E-state index is 0.973. The molecule has 0 N–H and O–H groups in total. The molecule has 0 aliphatic carbocycles. The molecular weight excluding hydrogens is 520 g/mol. The molecule has 0 unspecified atom stereocenters. The van der Waals surface area contributed by atoms with Crippen molar-refractivity contribution in [2.75, 3.05) is 0 Å². The molecule has 43 heavy (non-hydrogen) atoms. The molecule has 0 fully saturated rings. The van der Waals surface area contributed by atoms with Gasteiger partial charge in [0.05, 0.1) is 11.2 Å². The lowest BCUT2D eigenvalue weighted by molar-refractivity contribution is 0.979. The van der Waals surface area contributed by atoms with Crippen LogP contribution in [0.5, 0.6) is 0 Å². The van der Waals surface area contributed by atoms with Crippen molar-refractivity contribution in [2.45, 2.75) is 0 Å². The summed E-state index contributed by atoms with van der Waals surface area (Å²) < 4.78 is 2.15. The summed E-state index contributed by atoms with van der Waals surface area (Å²) in [5.41, 5.74) is 12.5. The molecule has 0 radical (unpaired) electrons. The van der Waals surface area contributed by atoms with E-state index in [4.69, 9.17) is 5.10 Å². The van der Waals surface area contributed by atoms with Crippen LogP contribution in [0.2, 0.25) is 0 Å². The summed E-state index contributed by atoms with van der Waals surface area (Å²) in [5.74, 6) is 0. The van der Waals surface area contributed by atoms with Crippen molar-refractivity contribution in [3.05, 3.63) is 170 Å². The van der Waals surface area contributed by atoms with Crippen LogP contribution < -0.4 is 0 Å². The van der Waals surface area contributed by atoms with Gasteiger partial charge in [-0.2, -0.15) is 5.10 Å². The normalized spacial score (nSPS) is 11.3. The smallest absolute Gasteiger partial charge is 0.101 e. The average molecular weight is 549 g/mol. The van der Waals surface area contributed by atoms with Crippen molar-refractivity contribution < 1.29 is 0 Å². The van der Waals surface area contributed by atoms with Crippen molar-refractivity contribution in [2.24, 2.45) is 0 Å². The van der Waals surface area contributed by atoms with Gasteiger partial charge in [0.1, 0.15) is 5.69 Å². The van der Waals surface area contributed by atoms with Crippen LogP contribution in [0.3, 0.4) is 0 Å². The lowest BCUT2D eigenvalue weighted by Crippen LogP contribution is -1.95. The second-order valence-electron chi connectivity index (χ2n) is 10.9. The predicted molar refractivity (Wildman–Crippen MR) is 180 cm³/mol. The molecule has 0 saturated carbocycles. The van der Waals surface area contributed by atoms with E-state index in [0.717, 1.165) is 39.2 Å². The van der Waals surface area contributed by atoms with Gasteiger partial charge in [-0.3, -0.25) is 0 Å². The highest BCUT2D eigenvalue weighted by Gasteiger charge is 2.21. The second-order valence-corrected chi connectivity index (χ2v) is 10.9. The van der Waals surface area contributed by atoms with Gasteiger partial charge >= 0.3 is 0 Å². The number of aromatic nitrogens is 2. The van der Waals surface area contributed by atoms with Gasteiger partial charge in [-0.05, 0) is 39.3 Å². The first-order valence-corrected chi connectivity index (χ1v) is 14.7. The van der Waals surface area contributed by atoms with Crippen LogP contribution in [0, 0.1) is 0 Å². The Kier molecular flexibility index (Phi) is 6.16. The highest BCUT2D eigenvalue weighted by molar-refractivity contribution is 6.08. The van der Waals surface area contributed by atoms with Gasteiger partial charge in [0, 0.05) is 22.1 Å². The number of hydrogen-bond donors (Lipinski definition) is 0. The van der Waals surface area contributed by atoms with Crippen LogP contribution in [0.1, 0.15) is 0 Å².